The Bertz CT molecular complexity index is 452. The molecule has 1 aromatic rings. The Morgan fingerprint density at radius 2 is 2.35 bits per heavy atom. The maximum atomic E-state index is 9.42. The van der Waals surface area contributed by atoms with Crippen LogP contribution in [0.4, 0.5) is 11.4 Å². The van der Waals surface area contributed by atoms with Crippen molar-refractivity contribution >= 4 is 11.4 Å². The molecule has 1 aliphatic rings. The van der Waals surface area contributed by atoms with Gasteiger partial charge in [-0.25, -0.2) is 0 Å². The first-order valence-electron chi connectivity index (χ1n) is 5.84. The molecule has 0 saturated carbocycles. The minimum absolute atomic E-state index is 0.130. The molecule has 0 aliphatic carbocycles. The third-order valence-electron chi connectivity index (χ3n) is 3.54. The minimum Gasteiger partial charge on any atom is -0.397 e. The lowest BCUT2D eigenvalue weighted by Crippen LogP contribution is -2.35. The summed E-state index contributed by atoms with van der Waals surface area (Å²) in [6.45, 7) is 3.18. The van der Waals surface area contributed by atoms with Gasteiger partial charge in [-0.1, -0.05) is 6.92 Å². The van der Waals surface area contributed by atoms with E-state index in [0.717, 1.165) is 18.7 Å². The van der Waals surface area contributed by atoms with Crippen molar-refractivity contribution < 1.29 is 5.11 Å². The molecule has 0 spiro atoms. The molecule has 4 nitrogen and oxygen atoms in total. The summed E-state index contributed by atoms with van der Waals surface area (Å²) >= 11 is 0. The van der Waals surface area contributed by atoms with Crippen molar-refractivity contribution in [2.75, 3.05) is 23.8 Å². The average Bonchev–Trinajstić information content (AvgIpc) is 2.70. The molecule has 4 heteroatoms. The van der Waals surface area contributed by atoms with E-state index in [2.05, 4.69) is 17.9 Å². The lowest BCUT2D eigenvalue weighted by Gasteiger charge is -2.28. The highest BCUT2D eigenvalue weighted by Gasteiger charge is 2.31. The molecule has 3 N–H and O–H groups in total. The molecular formula is C13H17N3O. The summed E-state index contributed by atoms with van der Waals surface area (Å²) in [5.74, 6) is 0.468. The molecule has 17 heavy (non-hydrogen) atoms. The van der Waals surface area contributed by atoms with Gasteiger partial charge in [0.15, 0.2) is 0 Å². The van der Waals surface area contributed by atoms with Crippen LogP contribution in [-0.2, 0) is 0 Å². The first kappa shape index (κ1) is 11.7. The van der Waals surface area contributed by atoms with Gasteiger partial charge in [-0.3, -0.25) is 0 Å². The summed E-state index contributed by atoms with van der Waals surface area (Å²) in [5.41, 5.74) is 8.06. The number of rotatable bonds is 2. The first-order chi connectivity index (χ1) is 8.17. The van der Waals surface area contributed by atoms with E-state index < -0.39 is 0 Å². The molecule has 0 bridgehead atoms. The van der Waals surface area contributed by atoms with E-state index in [0.29, 0.717) is 17.2 Å². The summed E-state index contributed by atoms with van der Waals surface area (Å²) in [6, 6.07) is 7.53. The minimum atomic E-state index is 0.130. The Labute approximate surface area is 101 Å². The van der Waals surface area contributed by atoms with E-state index >= 15 is 0 Å². The zero-order valence-corrected chi connectivity index (χ0v) is 9.93. The van der Waals surface area contributed by atoms with Crippen LogP contribution in [0.15, 0.2) is 18.2 Å². The Morgan fingerprint density at radius 1 is 1.59 bits per heavy atom. The second-order valence-corrected chi connectivity index (χ2v) is 4.59. The van der Waals surface area contributed by atoms with Crippen LogP contribution in [0.1, 0.15) is 18.9 Å². The lowest BCUT2D eigenvalue weighted by molar-refractivity contribution is 0.245. The average molecular weight is 231 g/mol. The zero-order chi connectivity index (χ0) is 12.4. The van der Waals surface area contributed by atoms with Crippen LogP contribution in [0.25, 0.3) is 0 Å². The molecule has 1 aliphatic heterocycles. The van der Waals surface area contributed by atoms with Gasteiger partial charge in [0.05, 0.1) is 35.7 Å². The van der Waals surface area contributed by atoms with Crippen molar-refractivity contribution in [2.24, 2.45) is 5.92 Å². The van der Waals surface area contributed by atoms with Crippen molar-refractivity contribution in [2.45, 2.75) is 19.4 Å². The molecule has 1 fully saturated rings. The third kappa shape index (κ3) is 2.06. The second-order valence-electron chi connectivity index (χ2n) is 4.59. The highest BCUT2D eigenvalue weighted by Crippen LogP contribution is 2.33. The van der Waals surface area contributed by atoms with Gasteiger partial charge in [0.25, 0.3) is 0 Å². The van der Waals surface area contributed by atoms with Crippen LogP contribution in [-0.4, -0.2) is 24.3 Å². The van der Waals surface area contributed by atoms with Gasteiger partial charge in [0.2, 0.25) is 0 Å². The maximum Gasteiger partial charge on any atom is 0.0992 e. The first-order valence-corrected chi connectivity index (χ1v) is 5.84. The van der Waals surface area contributed by atoms with E-state index in [1.54, 1.807) is 12.1 Å². The fraction of sp³-hybridized carbons (Fsp3) is 0.462. The second kappa shape index (κ2) is 4.64. The molecule has 0 amide bonds. The predicted octanol–water partition coefficient (Wildman–Crippen LogP) is 1.35. The van der Waals surface area contributed by atoms with E-state index in [9.17, 15) is 5.11 Å². The Hall–Kier alpha value is -1.73. The predicted molar refractivity (Wildman–Crippen MR) is 67.6 cm³/mol. The molecule has 0 aromatic heterocycles. The van der Waals surface area contributed by atoms with Gasteiger partial charge in [-0.15, -0.1) is 0 Å². The summed E-state index contributed by atoms with van der Waals surface area (Å²) in [7, 11) is 0. The van der Waals surface area contributed by atoms with Gasteiger partial charge in [-0.05, 0) is 30.5 Å². The van der Waals surface area contributed by atoms with Crippen LogP contribution in [0.2, 0.25) is 0 Å². The number of aliphatic hydroxyl groups excluding tert-OH is 1. The number of hydrogen-bond acceptors (Lipinski definition) is 4. The fourth-order valence-electron chi connectivity index (χ4n) is 2.47. The molecule has 1 aromatic carbocycles. The van der Waals surface area contributed by atoms with Gasteiger partial charge < -0.3 is 15.7 Å². The van der Waals surface area contributed by atoms with Gasteiger partial charge >= 0.3 is 0 Å². The number of nitrogen functional groups attached to an aromatic ring is 1. The molecular weight excluding hydrogens is 214 g/mol. The molecule has 90 valence electrons. The summed E-state index contributed by atoms with van der Waals surface area (Å²) in [6.07, 6.45) is 1.06. The topological polar surface area (TPSA) is 73.3 Å². The molecule has 0 radical (unpaired) electrons. The number of nitrogens with two attached hydrogens (primary N) is 1. The van der Waals surface area contributed by atoms with Crippen molar-refractivity contribution in [3.8, 4) is 6.07 Å². The number of nitrogens with zero attached hydrogens (tertiary/aromatic N) is 2. The summed E-state index contributed by atoms with van der Waals surface area (Å²) in [5, 5.41) is 18.2. The molecule has 2 unspecified atom stereocenters. The number of benzene rings is 1. The van der Waals surface area contributed by atoms with E-state index in [1.807, 2.05) is 6.07 Å². The van der Waals surface area contributed by atoms with E-state index in [-0.39, 0.29) is 12.6 Å². The number of aliphatic hydroxyl groups is 1. The molecule has 1 heterocycles. The van der Waals surface area contributed by atoms with Crippen molar-refractivity contribution in [1.29, 1.82) is 5.26 Å². The Kier molecular flexibility index (Phi) is 3.21. The molecule has 2 rings (SSSR count). The lowest BCUT2D eigenvalue weighted by atomic mass is 10.0. The van der Waals surface area contributed by atoms with E-state index in [4.69, 9.17) is 11.0 Å². The SMILES string of the molecule is CC1CCN(c2ccc(C#N)cc2N)C1CO. The standard InChI is InChI=1S/C13H17N3O/c1-9-4-5-16(13(9)8-17)12-3-2-10(7-14)6-11(12)15/h2-3,6,9,13,17H,4-5,8,15H2,1H3. The largest absolute Gasteiger partial charge is 0.397 e. The van der Waals surface area contributed by atoms with Gasteiger partial charge in [-0.2, -0.15) is 5.26 Å². The molecule has 1 saturated heterocycles. The fourth-order valence-corrected chi connectivity index (χ4v) is 2.47. The highest BCUT2D eigenvalue weighted by molar-refractivity contribution is 5.70. The van der Waals surface area contributed by atoms with Crippen LogP contribution < -0.4 is 10.6 Å². The third-order valence-corrected chi connectivity index (χ3v) is 3.54. The molecule has 2 atom stereocenters. The summed E-state index contributed by atoms with van der Waals surface area (Å²) < 4.78 is 0. The monoisotopic (exact) mass is 231 g/mol. The van der Waals surface area contributed by atoms with Crippen molar-refractivity contribution in [3.05, 3.63) is 23.8 Å². The Balaban J connectivity index is 2.32. The van der Waals surface area contributed by atoms with Crippen LogP contribution >= 0.6 is 0 Å². The van der Waals surface area contributed by atoms with E-state index in [1.165, 1.54) is 0 Å². The number of nitriles is 1. The van der Waals surface area contributed by atoms with Crippen molar-refractivity contribution in [3.63, 3.8) is 0 Å². The van der Waals surface area contributed by atoms with Crippen LogP contribution in [0.5, 0.6) is 0 Å². The van der Waals surface area contributed by atoms with Crippen LogP contribution in [0, 0.1) is 17.2 Å². The number of hydrogen-bond donors (Lipinski definition) is 2. The maximum absolute atomic E-state index is 9.42. The smallest absolute Gasteiger partial charge is 0.0992 e. The van der Waals surface area contributed by atoms with Gasteiger partial charge in [0.1, 0.15) is 0 Å². The summed E-state index contributed by atoms with van der Waals surface area (Å²) in [4.78, 5) is 2.14. The van der Waals surface area contributed by atoms with Crippen molar-refractivity contribution in [1.82, 2.24) is 0 Å². The van der Waals surface area contributed by atoms with Gasteiger partial charge in [0, 0.05) is 6.54 Å². The Morgan fingerprint density at radius 3 is 2.94 bits per heavy atom. The number of anilines is 2. The highest BCUT2D eigenvalue weighted by atomic mass is 16.3. The zero-order valence-electron chi connectivity index (χ0n) is 9.93. The quantitative estimate of drug-likeness (QED) is 0.753. The normalized spacial score (nSPS) is 23.7. The van der Waals surface area contributed by atoms with Crippen LogP contribution in [0.3, 0.4) is 0 Å².